The van der Waals surface area contributed by atoms with Crippen molar-refractivity contribution in [2.75, 3.05) is 0 Å². The van der Waals surface area contributed by atoms with E-state index in [0.717, 1.165) is 0 Å². The maximum atomic E-state index is 12.2. The van der Waals surface area contributed by atoms with Crippen molar-refractivity contribution in [3.05, 3.63) is 29.8 Å². The molecular weight excluding hydrogens is 141 g/mol. The van der Waals surface area contributed by atoms with Crippen LogP contribution in [0.3, 0.4) is 0 Å². The quantitative estimate of drug-likeness (QED) is 0.525. The fourth-order valence-corrected chi connectivity index (χ4v) is 0.466. The first kappa shape index (κ1) is 10.1. The van der Waals surface area contributed by atoms with E-state index >= 15 is 0 Å². The van der Waals surface area contributed by atoms with Gasteiger partial charge in [0, 0.05) is 11.8 Å². The first-order chi connectivity index (χ1) is 5.22. The van der Waals surface area contributed by atoms with Gasteiger partial charge in [0.05, 0.1) is 0 Å². The van der Waals surface area contributed by atoms with Gasteiger partial charge in [-0.05, 0) is 13.0 Å². The number of halogens is 1. The molecule has 0 spiro atoms. The molecule has 0 saturated heterocycles. The Bertz CT molecular complexity index is 178. The smallest absolute Gasteiger partial charge is 0.215 e. The van der Waals surface area contributed by atoms with Crippen molar-refractivity contribution in [3.63, 3.8) is 0 Å². The number of pyridine rings is 1. The van der Waals surface area contributed by atoms with Crippen molar-refractivity contribution < 1.29 is 4.39 Å². The van der Waals surface area contributed by atoms with E-state index < -0.39 is 0 Å². The number of rotatable bonds is 0. The Morgan fingerprint density at radius 2 is 2.00 bits per heavy atom. The summed E-state index contributed by atoms with van der Waals surface area (Å²) in [5.41, 5.74) is 0.590. The van der Waals surface area contributed by atoms with Gasteiger partial charge in [0.25, 0.3) is 0 Å². The Labute approximate surface area is 67.3 Å². The van der Waals surface area contributed by atoms with E-state index in [4.69, 9.17) is 0 Å². The van der Waals surface area contributed by atoms with Crippen molar-refractivity contribution in [3.8, 4) is 0 Å². The number of hydrogen-bond acceptors (Lipinski definition) is 1. The lowest BCUT2D eigenvalue weighted by molar-refractivity contribution is 0.574. The molecule has 1 rings (SSSR count). The molecule has 11 heavy (non-hydrogen) atoms. The average Bonchev–Trinajstić information content (AvgIpc) is 1.97. The van der Waals surface area contributed by atoms with Crippen molar-refractivity contribution in [1.29, 1.82) is 0 Å². The zero-order chi connectivity index (χ0) is 8.69. The van der Waals surface area contributed by atoms with Gasteiger partial charge in [-0.25, -0.2) is 4.98 Å². The van der Waals surface area contributed by atoms with Crippen LogP contribution in [0.5, 0.6) is 0 Å². The largest absolute Gasteiger partial charge is 0.228 e. The molecule has 0 bridgehead atoms. The fourth-order valence-electron chi connectivity index (χ4n) is 0.466. The second-order valence-electron chi connectivity index (χ2n) is 2.32. The Morgan fingerprint density at radius 1 is 1.45 bits per heavy atom. The predicted molar refractivity (Wildman–Crippen MR) is 44.9 cm³/mol. The highest BCUT2D eigenvalue weighted by atomic mass is 19.1. The fraction of sp³-hybridized carbons (Fsp3) is 0.444. The van der Waals surface area contributed by atoms with E-state index in [0.29, 0.717) is 5.56 Å². The maximum absolute atomic E-state index is 12.2. The zero-order valence-electron chi connectivity index (χ0n) is 7.26. The second-order valence-corrected chi connectivity index (χ2v) is 2.32. The van der Waals surface area contributed by atoms with Crippen LogP contribution in [0.15, 0.2) is 18.3 Å². The van der Waals surface area contributed by atoms with Gasteiger partial charge in [-0.15, -0.1) is 0 Å². The van der Waals surface area contributed by atoms with Gasteiger partial charge in [-0.3, -0.25) is 0 Å². The van der Waals surface area contributed by atoms with Crippen LogP contribution in [0.2, 0.25) is 0 Å². The lowest BCUT2D eigenvalue weighted by atomic mass is 10.3. The van der Waals surface area contributed by atoms with Crippen LogP contribution < -0.4 is 0 Å². The highest BCUT2D eigenvalue weighted by molar-refractivity contribution is 5.07. The first-order valence-electron chi connectivity index (χ1n) is 3.79. The molecule has 0 aliphatic heterocycles. The van der Waals surface area contributed by atoms with E-state index in [9.17, 15) is 4.39 Å². The van der Waals surface area contributed by atoms with E-state index in [2.05, 4.69) is 18.8 Å². The predicted octanol–water partition coefficient (Wildman–Crippen LogP) is 2.95. The maximum Gasteiger partial charge on any atom is 0.215 e. The Kier molecular flexibility index (Phi) is 5.35. The Hall–Kier alpha value is -0.920. The van der Waals surface area contributed by atoms with Gasteiger partial charge >= 0.3 is 0 Å². The summed E-state index contributed by atoms with van der Waals surface area (Å²) in [4.78, 5) is 3.41. The Morgan fingerprint density at radius 3 is 2.27 bits per heavy atom. The molecule has 2 heteroatoms. The summed E-state index contributed by atoms with van der Waals surface area (Å²) in [6.45, 7) is 5.93. The molecule has 0 radical (unpaired) electrons. The third-order valence-corrected chi connectivity index (χ3v) is 0.946. The summed E-state index contributed by atoms with van der Waals surface area (Å²) >= 11 is 0. The molecule has 0 atom stereocenters. The molecule has 0 fully saturated rings. The lowest BCUT2D eigenvalue weighted by Gasteiger charge is -1.88. The van der Waals surface area contributed by atoms with Crippen LogP contribution in [-0.4, -0.2) is 4.98 Å². The van der Waals surface area contributed by atoms with Crippen molar-refractivity contribution in [2.24, 2.45) is 0 Å². The lowest BCUT2D eigenvalue weighted by Crippen LogP contribution is -1.83. The van der Waals surface area contributed by atoms with E-state index in [1.54, 1.807) is 19.1 Å². The molecule has 1 heterocycles. The SMILES string of the molecule is CCC.Cc1cccnc1F. The van der Waals surface area contributed by atoms with E-state index in [-0.39, 0.29) is 5.95 Å². The second kappa shape index (κ2) is 5.83. The molecule has 0 unspecified atom stereocenters. The summed E-state index contributed by atoms with van der Waals surface area (Å²) in [5, 5.41) is 0. The highest BCUT2D eigenvalue weighted by Gasteiger charge is 1.90. The number of hydrogen-bond donors (Lipinski definition) is 0. The van der Waals surface area contributed by atoms with Crippen molar-refractivity contribution >= 4 is 0 Å². The molecule has 0 N–H and O–H groups in total. The first-order valence-corrected chi connectivity index (χ1v) is 3.79. The summed E-state index contributed by atoms with van der Waals surface area (Å²) < 4.78 is 12.2. The third kappa shape index (κ3) is 4.48. The molecule has 0 aliphatic carbocycles. The summed E-state index contributed by atoms with van der Waals surface area (Å²) in [6.07, 6.45) is 2.68. The van der Waals surface area contributed by atoms with Crippen LogP contribution >= 0.6 is 0 Å². The zero-order valence-corrected chi connectivity index (χ0v) is 7.26. The monoisotopic (exact) mass is 155 g/mol. The van der Waals surface area contributed by atoms with Gasteiger partial charge in [0.2, 0.25) is 5.95 Å². The van der Waals surface area contributed by atoms with Gasteiger partial charge in [0.1, 0.15) is 0 Å². The molecule has 0 aromatic carbocycles. The van der Waals surface area contributed by atoms with E-state index in [1.165, 1.54) is 12.6 Å². The van der Waals surface area contributed by atoms with Crippen molar-refractivity contribution in [1.82, 2.24) is 4.98 Å². The molecule has 0 saturated carbocycles. The summed E-state index contributed by atoms with van der Waals surface area (Å²) in [5.74, 6) is -0.382. The molecule has 1 nitrogen and oxygen atoms in total. The van der Waals surface area contributed by atoms with Crippen LogP contribution in [-0.2, 0) is 0 Å². The Balaban J connectivity index is 0.000000292. The topological polar surface area (TPSA) is 12.9 Å². The summed E-state index contributed by atoms with van der Waals surface area (Å²) in [6, 6.07) is 3.39. The molecular formula is C9H14FN. The van der Waals surface area contributed by atoms with Crippen LogP contribution in [0, 0.1) is 12.9 Å². The van der Waals surface area contributed by atoms with Crippen LogP contribution in [0.25, 0.3) is 0 Å². The molecule has 0 amide bonds. The van der Waals surface area contributed by atoms with Gasteiger partial charge in [-0.1, -0.05) is 26.3 Å². The summed E-state index contributed by atoms with van der Waals surface area (Å²) in [7, 11) is 0. The standard InChI is InChI=1S/C6H6FN.C3H8/c1-5-3-2-4-8-6(5)7;1-3-2/h2-4H,1H3;3H2,1-2H3. The van der Waals surface area contributed by atoms with Gasteiger partial charge < -0.3 is 0 Å². The highest BCUT2D eigenvalue weighted by Crippen LogP contribution is 1.97. The minimum Gasteiger partial charge on any atom is -0.228 e. The van der Waals surface area contributed by atoms with E-state index in [1.807, 2.05) is 0 Å². The average molecular weight is 155 g/mol. The molecule has 62 valence electrons. The minimum atomic E-state index is -0.382. The van der Waals surface area contributed by atoms with Gasteiger partial charge in [-0.2, -0.15) is 4.39 Å². The molecule has 0 aliphatic rings. The number of aromatic nitrogens is 1. The minimum absolute atomic E-state index is 0.382. The number of nitrogens with zero attached hydrogens (tertiary/aromatic N) is 1. The van der Waals surface area contributed by atoms with Crippen LogP contribution in [0.1, 0.15) is 25.8 Å². The third-order valence-electron chi connectivity index (χ3n) is 0.946. The van der Waals surface area contributed by atoms with Crippen molar-refractivity contribution in [2.45, 2.75) is 27.2 Å². The number of aryl methyl sites for hydroxylation is 1. The molecule has 1 aromatic rings. The van der Waals surface area contributed by atoms with Gasteiger partial charge in [0.15, 0.2) is 0 Å². The van der Waals surface area contributed by atoms with Crippen LogP contribution in [0.4, 0.5) is 4.39 Å². The molecule has 1 aromatic heterocycles. The normalized spacial score (nSPS) is 8.36.